The van der Waals surface area contributed by atoms with E-state index in [0.717, 1.165) is 12.2 Å². The van der Waals surface area contributed by atoms with Crippen LogP contribution in [-0.4, -0.2) is 16.5 Å². The normalized spacial score (nSPS) is 10.5. The first kappa shape index (κ1) is 16.6. The maximum Gasteiger partial charge on any atom is 0.231 e. The van der Waals surface area contributed by atoms with Crippen LogP contribution in [0.25, 0.3) is 0 Å². The monoisotopic (exact) mass is 358 g/mol. The van der Waals surface area contributed by atoms with E-state index in [-0.39, 0.29) is 0 Å². The minimum absolute atomic E-state index is 0.467. The molecular formula is C18H16Cl2N4. The van der Waals surface area contributed by atoms with Gasteiger partial charge in [0.1, 0.15) is 5.82 Å². The quantitative estimate of drug-likeness (QED) is 0.636. The van der Waals surface area contributed by atoms with E-state index in [1.165, 1.54) is 0 Å². The number of nitrogens with one attached hydrogen (secondary N) is 1. The molecule has 1 N–H and O–H groups in total. The fraction of sp³-hybridized carbons (Fsp3) is 0.111. The summed E-state index contributed by atoms with van der Waals surface area (Å²) in [5.74, 6) is 1.27. The second-order valence-electron chi connectivity index (χ2n) is 5.05. The third-order valence-electron chi connectivity index (χ3n) is 3.48. The van der Waals surface area contributed by atoms with Crippen molar-refractivity contribution in [3.8, 4) is 0 Å². The average molecular weight is 359 g/mol. The van der Waals surface area contributed by atoms with Gasteiger partial charge in [-0.1, -0.05) is 47.5 Å². The lowest BCUT2D eigenvalue weighted by molar-refractivity contribution is 0.948. The molecule has 0 atom stereocenters. The maximum absolute atomic E-state index is 6.22. The van der Waals surface area contributed by atoms with Gasteiger partial charge in [0.25, 0.3) is 0 Å². The molecule has 0 bridgehead atoms. The van der Waals surface area contributed by atoms with Crippen LogP contribution in [0.3, 0.4) is 0 Å². The summed E-state index contributed by atoms with van der Waals surface area (Å²) in [5, 5.41) is 4.15. The van der Waals surface area contributed by atoms with Crippen molar-refractivity contribution in [2.75, 3.05) is 16.8 Å². The lowest BCUT2D eigenvalue weighted by Crippen LogP contribution is -2.19. The molecule has 0 saturated heterocycles. The van der Waals surface area contributed by atoms with Gasteiger partial charge in [-0.15, -0.1) is 0 Å². The van der Waals surface area contributed by atoms with Gasteiger partial charge in [0, 0.05) is 18.4 Å². The zero-order chi connectivity index (χ0) is 16.9. The molecule has 0 radical (unpaired) electrons. The van der Waals surface area contributed by atoms with Crippen LogP contribution in [0, 0.1) is 0 Å². The molecule has 3 rings (SSSR count). The van der Waals surface area contributed by atoms with E-state index in [1.54, 1.807) is 18.3 Å². The number of halogens is 2. The Balaban J connectivity index is 1.90. The van der Waals surface area contributed by atoms with Crippen molar-refractivity contribution in [3.05, 3.63) is 70.8 Å². The van der Waals surface area contributed by atoms with Gasteiger partial charge in [-0.25, -0.2) is 4.98 Å². The van der Waals surface area contributed by atoms with Crippen molar-refractivity contribution in [3.63, 3.8) is 0 Å². The molecule has 0 aliphatic rings. The van der Waals surface area contributed by atoms with E-state index in [4.69, 9.17) is 23.2 Å². The first-order valence-corrected chi connectivity index (χ1v) is 8.31. The van der Waals surface area contributed by atoms with E-state index in [0.29, 0.717) is 27.5 Å². The lowest BCUT2D eigenvalue weighted by Gasteiger charge is -2.21. The molecule has 24 heavy (non-hydrogen) atoms. The predicted octanol–water partition coefficient (Wildman–Crippen LogP) is 5.69. The summed E-state index contributed by atoms with van der Waals surface area (Å²) < 4.78 is 0. The maximum atomic E-state index is 6.22. The highest BCUT2D eigenvalue weighted by atomic mass is 35.5. The van der Waals surface area contributed by atoms with Gasteiger partial charge in [-0.05, 0) is 37.3 Å². The number of rotatable bonds is 5. The Morgan fingerprint density at radius 2 is 1.79 bits per heavy atom. The second-order valence-corrected chi connectivity index (χ2v) is 5.83. The molecule has 0 aliphatic carbocycles. The molecule has 6 heteroatoms. The van der Waals surface area contributed by atoms with Crippen molar-refractivity contribution >= 4 is 46.3 Å². The summed E-state index contributed by atoms with van der Waals surface area (Å²) >= 11 is 12.3. The molecule has 0 fully saturated rings. The Hall–Kier alpha value is -2.30. The lowest BCUT2D eigenvalue weighted by atomic mass is 10.3. The summed E-state index contributed by atoms with van der Waals surface area (Å²) in [6, 6.07) is 17.2. The number of hydrogen-bond acceptors (Lipinski definition) is 4. The van der Waals surface area contributed by atoms with Crippen LogP contribution in [0.15, 0.2) is 60.8 Å². The molecule has 1 aromatic heterocycles. The SMILES string of the molecule is CCN(c1ccccc1)c1nccc(Nc2cccc(Cl)c2Cl)n1. The number of hydrogen-bond donors (Lipinski definition) is 1. The molecule has 0 unspecified atom stereocenters. The third kappa shape index (κ3) is 3.61. The zero-order valence-electron chi connectivity index (χ0n) is 13.1. The van der Waals surface area contributed by atoms with E-state index in [2.05, 4.69) is 22.2 Å². The Morgan fingerprint density at radius 1 is 1.00 bits per heavy atom. The van der Waals surface area contributed by atoms with Crippen LogP contribution in [-0.2, 0) is 0 Å². The summed E-state index contributed by atoms with van der Waals surface area (Å²) in [7, 11) is 0. The van der Waals surface area contributed by atoms with E-state index in [9.17, 15) is 0 Å². The molecule has 122 valence electrons. The minimum Gasteiger partial charge on any atom is -0.339 e. The van der Waals surface area contributed by atoms with Crippen molar-refractivity contribution in [1.29, 1.82) is 0 Å². The minimum atomic E-state index is 0.467. The van der Waals surface area contributed by atoms with Gasteiger partial charge in [0.2, 0.25) is 5.95 Å². The van der Waals surface area contributed by atoms with Crippen molar-refractivity contribution < 1.29 is 0 Å². The van der Waals surface area contributed by atoms with Crippen LogP contribution in [0.5, 0.6) is 0 Å². The van der Waals surface area contributed by atoms with Gasteiger partial charge >= 0.3 is 0 Å². The molecule has 0 amide bonds. The molecule has 4 nitrogen and oxygen atoms in total. The fourth-order valence-electron chi connectivity index (χ4n) is 2.33. The molecule has 2 aromatic carbocycles. The number of benzene rings is 2. The van der Waals surface area contributed by atoms with Crippen LogP contribution in [0.1, 0.15) is 6.92 Å². The molecule has 1 heterocycles. The highest BCUT2D eigenvalue weighted by Gasteiger charge is 2.11. The van der Waals surface area contributed by atoms with Crippen molar-refractivity contribution in [1.82, 2.24) is 9.97 Å². The number of aromatic nitrogens is 2. The van der Waals surface area contributed by atoms with Gasteiger partial charge in [-0.3, -0.25) is 0 Å². The number of anilines is 4. The second kappa shape index (κ2) is 7.51. The first-order valence-electron chi connectivity index (χ1n) is 7.55. The standard InChI is InChI=1S/C18H16Cl2N4/c1-2-24(13-7-4-3-5-8-13)18-21-12-11-16(23-18)22-15-10-6-9-14(19)17(15)20/h3-12H,2H2,1H3,(H,21,22,23). The highest BCUT2D eigenvalue weighted by Crippen LogP contribution is 2.31. The van der Waals surface area contributed by atoms with Gasteiger partial charge < -0.3 is 10.2 Å². The van der Waals surface area contributed by atoms with Gasteiger partial charge in [-0.2, -0.15) is 4.98 Å². The molecular weight excluding hydrogens is 343 g/mol. The van der Waals surface area contributed by atoms with E-state index < -0.39 is 0 Å². The highest BCUT2D eigenvalue weighted by molar-refractivity contribution is 6.43. The Bertz CT molecular complexity index is 824. The first-order chi connectivity index (χ1) is 11.7. The smallest absolute Gasteiger partial charge is 0.231 e. The van der Waals surface area contributed by atoms with Crippen LogP contribution < -0.4 is 10.2 Å². The van der Waals surface area contributed by atoms with Crippen molar-refractivity contribution in [2.45, 2.75) is 6.92 Å². The van der Waals surface area contributed by atoms with Crippen molar-refractivity contribution in [2.24, 2.45) is 0 Å². The summed E-state index contributed by atoms with van der Waals surface area (Å²) in [4.78, 5) is 11.0. The molecule has 0 aliphatic heterocycles. The summed E-state index contributed by atoms with van der Waals surface area (Å²) in [6.45, 7) is 2.82. The molecule has 0 spiro atoms. The average Bonchev–Trinajstić information content (AvgIpc) is 2.61. The van der Waals surface area contributed by atoms with Gasteiger partial charge in [0.05, 0.1) is 15.7 Å². The Morgan fingerprint density at radius 3 is 2.54 bits per heavy atom. The number of para-hydroxylation sites is 1. The largest absolute Gasteiger partial charge is 0.339 e. The Labute approximate surface area is 151 Å². The van der Waals surface area contributed by atoms with Gasteiger partial charge in [0.15, 0.2) is 0 Å². The summed E-state index contributed by atoms with van der Waals surface area (Å²) in [5.41, 5.74) is 1.74. The number of nitrogens with zero attached hydrogens (tertiary/aromatic N) is 3. The third-order valence-corrected chi connectivity index (χ3v) is 4.30. The van der Waals surface area contributed by atoms with Crippen LogP contribution in [0.4, 0.5) is 23.1 Å². The predicted molar refractivity (Wildman–Crippen MR) is 101 cm³/mol. The molecule has 3 aromatic rings. The fourth-order valence-corrected chi connectivity index (χ4v) is 2.68. The molecule has 0 saturated carbocycles. The summed E-state index contributed by atoms with van der Waals surface area (Å²) in [6.07, 6.45) is 1.72. The Kier molecular flexibility index (Phi) is 5.18. The van der Waals surface area contributed by atoms with Crippen LogP contribution in [0.2, 0.25) is 10.0 Å². The van der Waals surface area contributed by atoms with Crippen LogP contribution >= 0.6 is 23.2 Å². The zero-order valence-corrected chi connectivity index (χ0v) is 14.6. The van der Waals surface area contributed by atoms with E-state index >= 15 is 0 Å². The van der Waals surface area contributed by atoms with E-state index in [1.807, 2.05) is 47.4 Å². The topological polar surface area (TPSA) is 41.1 Å².